The maximum absolute atomic E-state index is 10.7. The van der Waals surface area contributed by atoms with Gasteiger partial charge in [-0.05, 0) is 12.1 Å². The number of aromatic nitrogens is 4. The molecule has 1 heterocycles. The van der Waals surface area contributed by atoms with E-state index in [1.54, 1.807) is 6.92 Å². The van der Waals surface area contributed by atoms with Crippen molar-refractivity contribution < 1.29 is 9.53 Å². The molecular weight excluding hydrogens is 159 g/mol. The van der Waals surface area contributed by atoms with Crippen molar-refractivity contribution >= 4 is 35.5 Å². The van der Waals surface area contributed by atoms with Crippen molar-refractivity contribution in [3.63, 3.8) is 0 Å². The van der Waals surface area contributed by atoms with E-state index >= 15 is 0 Å². The molecule has 0 aliphatic rings. The summed E-state index contributed by atoms with van der Waals surface area (Å²) in [6.45, 7) is 2.02. The molecule has 6 nitrogen and oxygen atoms in total. The van der Waals surface area contributed by atoms with Gasteiger partial charge in [0.15, 0.2) is 0 Å². The van der Waals surface area contributed by atoms with E-state index in [1.807, 2.05) is 0 Å². The number of carbonyl (C=O) groups excluding carboxylic acids is 1. The molecule has 0 spiro atoms. The third-order valence-corrected chi connectivity index (χ3v) is 0.803. The summed E-state index contributed by atoms with van der Waals surface area (Å²) in [6.07, 6.45) is 0. The van der Waals surface area contributed by atoms with Gasteiger partial charge < -0.3 is 4.74 Å². The van der Waals surface area contributed by atoms with Crippen LogP contribution < -0.4 is 0 Å². The minimum atomic E-state index is -0.559. The Kier molecular flexibility index (Phi) is 5.01. The Bertz CT molecular complexity index is 212. The van der Waals surface area contributed by atoms with Crippen LogP contribution in [0.5, 0.6) is 0 Å². The van der Waals surface area contributed by atoms with Crippen LogP contribution >= 0.6 is 0 Å². The molecule has 1 aromatic heterocycles. The van der Waals surface area contributed by atoms with E-state index < -0.39 is 5.97 Å². The second kappa shape index (κ2) is 5.22. The largest absolute Gasteiger partial charge is 0.460 e. The van der Waals surface area contributed by atoms with Gasteiger partial charge in [-0.1, -0.05) is 0 Å². The van der Waals surface area contributed by atoms with E-state index in [-0.39, 0.29) is 35.4 Å². The average molecular weight is 165 g/mol. The van der Waals surface area contributed by atoms with E-state index in [9.17, 15) is 4.79 Å². The molecule has 0 bridgehead atoms. The first-order valence-corrected chi connectivity index (χ1v) is 2.75. The number of hydrogen-bond donors (Lipinski definition) is 1. The van der Waals surface area contributed by atoms with Crippen molar-refractivity contribution in [3.8, 4) is 0 Å². The molecule has 0 amide bonds. The smallest absolute Gasteiger partial charge is 0.380 e. The molecule has 1 N–H and O–H groups in total. The number of carbonyl (C=O) groups is 1. The number of tetrazole rings is 1. The van der Waals surface area contributed by atoms with Crippen LogP contribution in [-0.4, -0.2) is 62.8 Å². The van der Waals surface area contributed by atoms with Crippen LogP contribution in [-0.2, 0) is 4.74 Å². The van der Waals surface area contributed by atoms with Gasteiger partial charge >= 0.3 is 5.97 Å². The SMILES string of the molecule is CCOC(=O)c1nn[nH]n1.[Na]. The minimum Gasteiger partial charge on any atom is -0.460 e. The van der Waals surface area contributed by atoms with Crippen molar-refractivity contribution in [2.75, 3.05) is 6.61 Å². The second-order valence-corrected chi connectivity index (χ2v) is 1.46. The molecule has 1 aromatic rings. The van der Waals surface area contributed by atoms with Crippen molar-refractivity contribution in [2.45, 2.75) is 6.92 Å². The maximum Gasteiger partial charge on any atom is 0.380 e. The van der Waals surface area contributed by atoms with Crippen molar-refractivity contribution in [2.24, 2.45) is 0 Å². The predicted octanol–water partition coefficient (Wildman–Crippen LogP) is -1.00. The molecule has 1 radical (unpaired) electrons. The second-order valence-electron chi connectivity index (χ2n) is 1.46. The Labute approximate surface area is 85.0 Å². The summed E-state index contributed by atoms with van der Waals surface area (Å²) >= 11 is 0. The van der Waals surface area contributed by atoms with E-state index in [0.29, 0.717) is 6.61 Å². The normalized spacial score (nSPS) is 8.45. The van der Waals surface area contributed by atoms with Crippen molar-refractivity contribution in [1.82, 2.24) is 20.6 Å². The van der Waals surface area contributed by atoms with Gasteiger partial charge in [-0.3, -0.25) is 0 Å². The van der Waals surface area contributed by atoms with Gasteiger partial charge in [-0.15, -0.1) is 10.2 Å². The molecule has 0 aliphatic heterocycles. The number of rotatable bonds is 2. The van der Waals surface area contributed by atoms with E-state index in [1.165, 1.54) is 0 Å². The van der Waals surface area contributed by atoms with Crippen LogP contribution in [0.15, 0.2) is 0 Å². The number of nitrogens with zero attached hydrogens (tertiary/aromatic N) is 3. The van der Waals surface area contributed by atoms with Crippen LogP contribution in [0.2, 0.25) is 0 Å². The van der Waals surface area contributed by atoms with Crippen LogP contribution in [0.4, 0.5) is 0 Å². The minimum absolute atomic E-state index is 0. The van der Waals surface area contributed by atoms with Gasteiger partial charge in [0.2, 0.25) is 0 Å². The summed E-state index contributed by atoms with van der Waals surface area (Å²) in [7, 11) is 0. The summed E-state index contributed by atoms with van der Waals surface area (Å²) in [5.74, 6) is -0.599. The standard InChI is InChI=1S/C4H6N4O2.Na/c1-2-10-4(9)3-5-7-8-6-3;/h2H2,1H3,(H,5,6,7,8);. The van der Waals surface area contributed by atoms with Gasteiger partial charge in [0, 0.05) is 29.6 Å². The molecule has 0 aliphatic carbocycles. The van der Waals surface area contributed by atoms with Gasteiger partial charge in [-0.25, -0.2) is 4.79 Å². The molecule has 55 valence electrons. The summed E-state index contributed by atoms with van der Waals surface area (Å²) < 4.78 is 4.56. The summed E-state index contributed by atoms with van der Waals surface area (Å²) in [5.41, 5.74) is 0. The average Bonchev–Trinajstić information content (AvgIpc) is 2.38. The van der Waals surface area contributed by atoms with E-state index in [0.717, 1.165) is 0 Å². The molecule has 0 aromatic carbocycles. The van der Waals surface area contributed by atoms with E-state index in [4.69, 9.17) is 0 Å². The number of aromatic amines is 1. The van der Waals surface area contributed by atoms with Crippen LogP contribution in [0.1, 0.15) is 17.5 Å². The molecule has 0 saturated carbocycles. The Morgan fingerprint density at radius 3 is 2.91 bits per heavy atom. The fourth-order valence-corrected chi connectivity index (χ4v) is 0.444. The molecule has 0 fully saturated rings. The predicted molar refractivity (Wildman–Crippen MR) is 35.9 cm³/mol. The summed E-state index contributed by atoms with van der Waals surface area (Å²) in [4.78, 5) is 10.7. The van der Waals surface area contributed by atoms with Gasteiger partial charge in [0.1, 0.15) is 0 Å². The zero-order valence-corrected chi connectivity index (χ0v) is 8.37. The fourth-order valence-electron chi connectivity index (χ4n) is 0.444. The molecule has 7 heteroatoms. The molecular formula is C4H6N4NaO2. The summed E-state index contributed by atoms with van der Waals surface area (Å²) in [5, 5.41) is 12.2. The topological polar surface area (TPSA) is 80.8 Å². The first-order valence-electron chi connectivity index (χ1n) is 2.75. The third kappa shape index (κ3) is 2.96. The van der Waals surface area contributed by atoms with Crippen LogP contribution in [0.25, 0.3) is 0 Å². The molecule has 11 heavy (non-hydrogen) atoms. The first-order chi connectivity index (χ1) is 4.84. The Morgan fingerprint density at radius 2 is 2.45 bits per heavy atom. The molecule has 1 rings (SSSR count). The number of esters is 1. The first kappa shape index (κ1) is 10.5. The fraction of sp³-hybridized carbons (Fsp3) is 0.500. The number of hydrogen-bond acceptors (Lipinski definition) is 5. The number of ether oxygens (including phenoxy) is 1. The third-order valence-electron chi connectivity index (χ3n) is 0.803. The van der Waals surface area contributed by atoms with Gasteiger partial charge in [0.05, 0.1) is 6.61 Å². The van der Waals surface area contributed by atoms with Crippen molar-refractivity contribution in [1.29, 1.82) is 0 Å². The van der Waals surface area contributed by atoms with Crippen LogP contribution in [0, 0.1) is 0 Å². The van der Waals surface area contributed by atoms with Crippen LogP contribution in [0.3, 0.4) is 0 Å². The van der Waals surface area contributed by atoms with Gasteiger partial charge in [0.25, 0.3) is 5.82 Å². The Morgan fingerprint density at radius 1 is 1.73 bits per heavy atom. The monoisotopic (exact) mass is 165 g/mol. The van der Waals surface area contributed by atoms with Gasteiger partial charge in [-0.2, -0.15) is 5.21 Å². The summed E-state index contributed by atoms with van der Waals surface area (Å²) in [6, 6.07) is 0. The Balaban J connectivity index is 0.000001000. The zero-order chi connectivity index (χ0) is 7.40. The number of nitrogens with one attached hydrogen (secondary N) is 1. The number of H-pyrrole nitrogens is 1. The van der Waals surface area contributed by atoms with E-state index in [2.05, 4.69) is 25.4 Å². The molecule has 0 unspecified atom stereocenters. The quantitative estimate of drug-likeness (QED) is 0.448. The molecule has 0 saturated heterocycles. The Hall–Kier alpha value is -0.460. The zero-order valence-electron chi connectivity index (χ0n) is 6.37. The molecule has 0 atom stereocenters. The van der Waals surface area contributed by atoms with Crippen molar-refractivity contribution in [3.05, 3.63) is 5.82 Å². The maximum atomic E-state index is 10.7.